The van der Waals surface area contributed by atoms with Gasteiger partial charge in [-0.15, -0.1) is 6.58 Å². The molecule has 106 valence electrons. The van der Waals surface area contributed by atoms with E-state index in [9.17, 15) is 0 Å². The van der Waals surface area contributed by atoms with Crippen molar-refractivity contribution < 1.29 is 4.43 Å². The first-order chi connectivity index (χ1) is 8.12. The largest absolute Gasteiger partial charge is 0.412 e. The quantitative estimate of drug-likeness (QED) is 0.612. The molecule has 0 radical (unpaired) electrons. The molecule has 1 fully saturated rings. The van der Waals surface area contributed by atoms with E-state index in [1.54, 1.807) is 0 Å². The van der Waals surface area contributed by atoms with E-state index in [-0.39, 0.29) is 16.7 Å². The summed E-state index contributed by atoms with van der Waals surface area (Å²) in [5, 5.41) is 0.250. The molecule has 2 atom stereocenters. The highest BCUT2D eigenvalue weighted by Crippen LogP contribution is 2.41. The molecule has 2 N–H and O–H groups in total. The maximum Gasteiger partial charge on any atom is 0.192 e. The average Bonchev–Trinajstić information content (AvgIpc) is 2.20. The van der Waals surface area contributed by atoms with Crippen LogP contribution in [0.3, 0.4) is 0 Å². The Labute approximate surface area is 114 Å². The highest BCUT2D eigenvalue weighted by Gasteiger charge is 2.44. The van der Waals surface area contributed by atoms with Gasteiger partial charge in [0.1, 0.15) is 0 Å². The summed E-state index contributed by atoms with van der Waals surface area (Å²) in [6.45, 7) is 15.3. The van der Waals surface area contributed by atoms with Gasteiger partial charge in [0, 0.05) is 5.54 Å². The molecule has 0 spiro atoms. The SMILES string of the molecule is C=CC[C@@]1(N)CCCC[C@@H]1O[Si](C)(C)C(C)(C)C. The zero-order chi connectivity index (χ0) is 14.0. The van der Waals surface area contributed by atoms with Crippen LogP contribution in [0, 0.1) is 0 Å². The Bertz CT molecular complexity index is 295. The van der Waals surface area contributed by atoms with Gasteiger partial charge in [-0.25, -0.2) is 0 Å². The molecule has 0 aromatic carbocycles. The third-order valence-corrected chi connectivity index (χ3v) is 9.25. The Morgan fingerprint density at radius 1 is 1.39 bits per heavy atom. The summed E-state index contributed by atoms with van der Waals surface area (Å²) in [4.78, 5) is 0. The molecule has 1 saturated carbocycles. The zero-order valence-electron chi connectivity index (χ0n) is 12.9. The van der Waals surface area contributed by atoms with Crippen LogP contribution in [0.5, 0.6) is 0 Å². The van der Waals surface area contributed by atoms with Crippen LogP contribution >= 0.6 is 0 Å². The third-order valence-electron chi connectivity index (χ3n) is 4.77. The van der Waals surface area contributed by atoms with E-state index in [0.717, 1.165) is 19.3 Å². The Kier molecular flexibility index (Phi) is 4.85. The van der Waals surface area contributed by atoms with Crippen molar-refractivity contribution in [2.45, 2.75) is 82.7 Å². The van der Waals surface area contributed by atoms with Gasteiger partial charge in [-0.2, -0.15) is 0 Å². The second-order valence-electron chi connectivity index (χ2n) is 7.34. The van der Waals surface area contributed by atoms with Crippen LogP contribution in [0.2, 0.25) is 18.1 Å². The predicted octanol–water partition coefficient (Wildman–Crippen LogP) is 4.22. The Hall–Kier alpha value is -0.123. The molecule has 0 amide bonds. The van der Waals surface area contributed by atoms with E-state index < -0.39 is 8.32 Å². The van der Waals surface area contributed by atoms with Crippen molar-refractivity contribution in [2.24, 2.45) is 5.73 Å². The zero-order valence-corrected chi connectivity index (χ0v) is 13.9. The van der Waals surface area contributed by atoms with Crippen molar-refractivity contribution in [3.8, 4) is 0 Å². The molecule has 1 aliphatic carbocycles. The fourth-order valence-corrected chi connectivity index (χ4v) is 3.86. The Morgan fingerprint density at radius 2 is 2.00 bits per heavy atom. The monoisotopic (exact) mass is 269 g/mol. The molecule has 0 heterocycles. The molecule has 0 aliphatic heterocycles. The minimum atomic E-state index is -1.72. The van der Waals surface area contributed by atoms with Crippen LogP contribution in [0.4, 0.5) is 0 Å². The lowest BCUT2D eigenvalue weighted by molar-refractivity contribution is 0.0576. The maximum absolute atomic E-state index is 6.59. The summed E-state index contributed by atoms with van der Waals surface area (Å²) >= 11 is 0. The molecular formula is C15H31NOSi. The van der Waals surface area contributed by atoms with Gasteiger partial charge in [0.15, 0.2) is 8.32 Å². The summed E-state index contributed by atoms with van der Waals surface area (Å²) in [6, 6.07) is 0. The summed E-state index contributed by atoms with van der Waals surface area (Å²) in [5.74, 6) is 0. The Morgan fingerprint density at radius 3 is 2.50 bits per heavy atom. The summed E-state index contributed by atoms with van der Waals surface area (Å²) < 4.78 is 6.58. The standard InChI is InChI=1S/C15H31NOSi/c1-7-11-15(16)12-9-8-10-13(15)17-18(5,6)14(2,3)4/h7,13H,1,8-12,16H2,2-6H3/t13-,15+/m0/s1. The summed E-state index contributed by atoms with van der Waals surface area (Å²) in [5.41, 5.74) is 6.41. The van der Waals surface area contributed by atoms with Crippen molar-refractivity contribution in [3.63, 3.8) is 0 Å². The smallest absolute Gasteiger partial charge is 0.192 e. The molecule has 1 aliphatic rings. The fourth-order valence-electron chi connectivity index (χ4n) is 2.44. The maximum atomic E-state index is 6.59. The number of rotatable bonds is 4. The van der Waals surface area contributed by atoms with E-state index in [2.05, 4.69) is 40.4 Å². The average molecular weight is 270 g/mol. The van der Waals surface area contributed by atoms with Gasteiger partial charge in [0.25, 0.3) is 0 Å². The third kappa shape index (κ3) is 3.46. The summed E-state index contributed by atoms with van der Waals surface area (Å²) in [6.07, 6.45) is 7.68. The Balaban J connectivity index is 2.83. The van der Waals surface area contributed by atoms with Crippen LogP contribution in [0.25, 0.3) is 0 Å². The number of hydrogen-bond acceptors (Lipinski definition) is 2. The van der Waals surface area contributed by atoms with Crippen LogP contribution in [0.1, 0.15) is 52.9 Å². The molecule has 18 heavy (non-hydrogen) atoms. The minimum Gasteiger partial charge on any atom is -0.412 e. The second-order valence-corrected chi connectivity index (χ2v) is 12.1. The van der Waals surface area contributed by atoms with E-state index in [4.69, 9.17) is 10.2 Å². The fraction of sp³-hybridized carbons (Fsp3) is 0.867. The first-order valence-electron chi connectivity index (χ1n) is 7.20. The molecule has 2 nitrogen and oxygen atoms in total. The number of nitrogens with two attached hydrogens (primary N) is 1. The molecule has 0 unspecified atom stereocenters. The molecule has 3 heteroatoms. The van der Waals surface area contributed by atoms with Crippen molar-refractivity contribution in [1.29, 1.82) is 0 Å². The lowest BCUT2D eigenvalue weighted by Gasteiger charge is -2.47. The van der Waals surface area contributed by atoms with Gasteiger partial charge >= 0.3 is 0 Å². The van der Waals surface area contributed by atoms with Crippen LogP contribution < -0.4 is 5.73 Å². The highest BCUT2D eigenvalue weighted by molar-refractivity contribution is 6.74. The molecule has 0 aromatic rings. The van der Waals surface area contributed by atoms with Gasteiger partial charge < -0.3 is 10.2 Å². The topological polar surface area (TPSA) is 35.2 Å². The van der Waals surface area contributed by atoms with Gasteiger partial charge in [-0.05, 0) is 37.4 Å². The normalized spacial score (nSPS) is 30.2. The van der Waals surface area contributed by atoms with Gasteiger partial charge in [-0.1, -0.05) is 39.7 Å². The van der Waals surface area contributed by atoms with Crippen molar-refractivity contribution in [2.75, 3.05) is 0 Å². The highest BCUT2D eigenvalue weighted by atomic mass is 28.4. The molecule has 0 aromatic heterocycles. The minimum absolute atomic E-state index is 0.185. The number of hydrogen-bond donors (Lipinski definition) is 1. The molecular weight excluding hydrogens is 238 g/mol. The van der Waals surface area contributed by atoms with Crippen LogP contribution in [-0.4, -0.2) is 20.0 Å². The van der Waals surface area contributed by atoms with E-state index >= 15 is 0 Å². The molecule has 0 saturated heterocycles. The first-order valence-corrected chi connectivity index (χ1v) is 10.1. The van der Waals surface area contributed by atoms with Gasteiger partial charge in [-0.3, -0.25) is 0 Å². The van der Waals surface area contributed by atoms with Gasteiger partial charge in [0.2, 0.25) is 0 Å². The van der Waals surface area contributed by atoms with Gasteiger partial charge in [0.05, 0.1) is 6.10 Å². The van der Waals surface area contributed by atoms with E-state index in [1.165, 1.54) is 12.8 Å². The molecule has 1 rings (SSSR count). The lowest BCUT2D eigenvalue weighted by atomic mass is 9.78. The first kappa shape index (κ1) is 15.9. The van der Waals surface area contributed by atoms with Crippen molar-refractivity contribution in [1.82, 2.24) is 0 Å². The van der Waals surface area contributed by atoms with Crippen LogP contribution in [0.15, 0.2) is 12.7 Å². The predicted molar refractivity (Wildman–Crippen MR) is 82.3 cm³/mol. The summed E-state index contributed by atoms with van der Waals surface area (Å²) in [7, 11) is -1.72. The second kappa shape index (κ2) is 5.47. The lowest BCUT2D eigenvalue weighted by Crippen LogP contribution is -2.58. The molecule has 0 bridgehead atoms. The van der Waals surface area contributed by atoms with E-state index in [1.807, 2.05) is 6.08 Å². The van der Waals surface area contributed by atoms with E-state index in [0.29, 0.717) is 0 Å². The van der Waals surface area contributed by atoms with Crippen molar-refractivity contribution in [3.05, 3.63) is 12.7 Å². The van der Waals surface area contributed by atoms with Crippen LogP contribution in [-0.2, 0) is 4.43 Å². The van der Waals surface area contributed by atoms with Crippen molar-refractivity contribution >= 4 is 8.32 Å².